The van der Waals surface area contributed by atoms with Crippen LogP contribution in [0.3, 0.4) is 0 Å². The zero-order valence-corrected chi connectivity index (χ0v) is 10.5. The van der Waals surface area contributed by atoms with Gasteiger partial charge >= 0.3 is 0 Å². The van der Waals surface area contributed by atoms with Crippen molar-refractivity contribution in [3.05, 3.63) is 0 Å². The minimum atomic E-state index is -0.711. The second-order valence-electron chi connectivity index (χ2n) is 4.33. The summed E-state index contributed by atoms with van der Waals surface area (Å²) >= 11 is 0. The lowest BCUT2D eigenvalue weighted by molar-refractivity contribution is -0.130. The summed E-state index contributed by atoms with van der Waals surface area (Å²) in [5.41, 5.74) is 5.04. The van der Waals surface area contributed by atoms with E-state index < -0.39 is 11.9 Å². The van der Waals surface area contributed by atoms with Gasteiger partial charge in [-0.2, -0.15) is 0 Å². The molecule has 2 atom stereocenters. The molecule has 0 saturated carbocycles. The van der Waals surface area contributed by atoms with E-state index in [2.05, 4.69) is 16.0 Å². The molecule has 5 N–H and O–H groups in total. The summed E-state index contributed by atoms with van der Waals surface area (Å²) in [6.45, 7) is 0.810. The standard InChI is InChI=1S/C11H20N4O3/c1-13-10(17)8(4-5-9(12)16)15-11(18)7-3-2-6-14-7/h7-8,14H,2-6H2,1H3,(H2,12,16)(H,13,17)(H,15,18). The number of primary amides is 1. The lowest BCUT2D eigenvalue weighted by atomic mass is 10.1. The molecule has 0 aromatic carbocycles. The number of nitrogens with one attached hydrogen (secondary N) is 3. The van der Waals surface area contributed by atoms with Crippen LogP contribution in [0.2, 0.25) is 0 Å². The van der Waals surface area contributed by atoms with Gasteiger partial charge in [0.2, 0.25) is 17.7 Å². The third-order valence-corrected chi connectivity index (χ3v) is 2.94. The molecule has 1 heterocycles. The van der Waals surface area contributed by atoms with Crippen molar-refractivity contribution >= 4 is 17.7 Å². The molecule has 0 spiro atoms. The van der Waals surface area contributed by atoms with Gasteiger partial charge in [-0.05, 0) is 25.8 Å². The van der Waals surface area contributed by atoms with Gasteiger partial charge in [0, 0.05) is 13.5 Å². The smallest absolute Gasteiger partial charge is 0.242 e. The van der Waals surface area contributed by atoms with Crippen molar-refractivity contribution in [2.45, 2.75) is 37.8 Å². The quantitative estimate of drug-likeness (QED) is 0.450. The summed E-state index contributed by atoms with van der Waals surface area (Å²) < 4.78 is 0. The molecule has 0 aliphatic carbocycles. The van der Waals surface area contributed by atoms with Crippen LogP contribution in [-0.4, -0.2) is 43.4 Å². The van der Waals surface area contributed by atoms with Crippen LogP contribution in [0.4, 0.5) is 0 Å². The van der Waals surface area contributed by atoms with Gasteiger partial charge in [0.25, 0.3) is 0 Å². The summed E-state index contributed by atoms with van der Waals surface area (Å²) in [7, 11) is 1.49. The zero-order valence-electron chi connectivity index (χ0n) is 10.5. The number of amides is 3. The van der Waals surface area contributed by atoms with Crippen molar-refractivity contribution in [1.29, 1.82) is 0 Å². The molecule has 2 unspecified atom stereocenters. The lowest BCUT2D eigenvalue weighted by Crippen LogP contribution is -2.51. The molecule has 102 valence electrons. The Labute approximate surface area is 106 Å². The molecule has 1 aliphatic rings. The topological polar surface area (TPSA) is 113 Å². The zero-order chi connectivity index (χ0) is 13.5. The van der Waals surface area contributed by atoms with Gasteiger partial charge in [0.1, 0.15) is 6.04 Å². The Morgan fingerprint density at radius 2 is 2.17 bits per heavy atom. The second-order valence-corrected chi connectivity index (χ2v) is 4.33. The van der Waals surface area contributed by atoms with E-state index in [-0.39, 0.29) is 30.7 Å². The van der Waals surface area contributed by atoms with E-state index in [4.69, 9.17) is 5.73 Å². The number of carbonyl (C=O) groups is 3. The first-order valence-corrected chi connectivity index (χ1v) is 6.08. The largest absolute Gasteiger partial charge is 0.370 e. The van der Waals surface area contributed by atoms with Crippen LogP contribution in [0.25, 0.3) is 0 Å². The Hall–Kier alpha value is -1.63. The molecule has 7 heteroatoms. The molecular weight excluding hydrogens is 236 g/mol. The fourth-order valence-corrected chi connectivity index (χ4v) is 1.91. The van der Waals surface area contributed by atoms with Gasteiger partial charge in [-0.15, -0.1) is 0 Å². The Morgan fingerprint density at radius 1 is 1.44 bits per heavy atom. The first-order chi connectivity index (χ1) is 8.54. The first-order valence-electron chi connectivity index (χ1n) is 6.08. The Balaban J connectivity index is 2.51. The van der Waals surface area contributed by atoms with E-state index >= 15 is 0 Å². The van der Waals surface area contributed by atoms with Crippen molar-refractivity contribution < 1.29 is 14.4 Å². The highest BCUT2D eigenvalue weighted by atomic mass is 16.2. The van der Waals surface area contributed by atoms with E-state index in [1.807, 2.05) is 0 Å². The summed E-state index contributed by atoms with van der Waals surface area (Å²) in [4.78, 5) is 34.1. The van der Waals surface area contributed by atoms with Crippen LogP contribution < -0.4 is 21.7 Å². The molecule has 7 nitrogen and oxygen atoms in total. The number of rotatable bonds is 6. The summed E-state index contributed by atoms with van der Waals surface area (Å²) in [6.07, 6.45) is 2.00. The van der Waals surface area contributed by atoms with Gasteiger partial charge in [0.15, 0.2) is 0 Å². The third kappa shape index (κ3) is 4.33. The minimum Gasteiger partial charge on any atom is -0.370 e. The van der Waals surface area contributed by atoms with Crippen molar-refractivity contribution in [1.82, 2.24) is 16.0 Å². The fourth-order valence-electron chi connectivity index (χ4n) is 1.91. The molecule has 0 aromatic heterocycles. The normalized spacial score (nSPS) is 20.2. The van der Waals surface area contributed by atoms with Gasteiger partial charge in [-0.3, -0.25) is 14.4 Å². The molecule has 0 aromatic rings. The lowest BCUT2D eigenvalue weighted by Gasteiger charge is -2.19. The van der Waals surface area contributed by atoms with E-state index in [9.17, 15) is 14.4 Å². The minimum absolute atomic E-state index is 0.0659. The Bertz CT molecular complexity index is 326. The summed E-state index contributed by atoms with van der Waals surface area (Å²) in [5.74, 6) is -1.01. The third-order valence-electron chi connectivity index (χ3n) is 2.94. The predicted molar refractivity (Wildman–Crippen MR) is 65.5 cm³/mol. The maximum Gasteiger partial charge on any atom is 0.242 e. The first kappa shape index (κ1) is 14.4. The van der Waals surface area contributed by atoms with Crippen LogP contribution in [0.1, 0.15) is 25.7 Å². The number of likely N-dealkylation sites (N-methyl/N-ethyl adjacent to an activating group) is 1. The molecule has 1 fully saturated rings. The Kier molecular flexibility index (Phi) is 5.57. The SMILES string of the molecule is CNC(=O)C(CCC(N)=O)NC(=O)C1CCCN1. The van der Waals surface area contributed by atoms with Crippen molar-refractivity contribution in [3.8, 4) is 0 Å². The highest BCUT2D eigenvalue weighted by molar-refractivity contribution is 5.90. The van der Waals surface area contributed by atoms with Crippen molar-refractivity contribution in [2.75, 3.05) is 13.6 Å². The van der Waals surface area contributed by atoms with E-state index in [1.54, 1.807) is 0 Å². The monoisotopic (exact) mass is 256 g/mol. The fraction of sp³-hybridized carbons (Fsp3) is 0.727. The molecular formula is C11H20N4O3. The van der Waals surface area contributed by atoms with E-state index in [0.717, 1.165) is 19.4 Å². The molecule has 18 heavy (non-hydrogen) atoms. The van der Waals surface area contributed by atoms with Crippen LogP contribution in [0, 0.1) is 0 Å². The average molecular weight is 256 g/mol. The number of nitrogens with two attached hydrogens (primary N) is 1. The number of carbonyl (C=O) groups excluding carboxylic acids is 3. The maximum atomic E-state index is 11.9. The molecule has 0 bridgehead atoms. The highest BCUT2D eigenvalue weighted by Gasteiger charge is 2.26. The van der Waals surface area contributed by atoms with Crippen LogP contribution in [0.15, 0.2) is 0 Å². The van der Waals surface area contributed by atoms with Crippen LogP contribution in [-0.2, 0) is 14.4 Å². The molecule has 1 rings (SSSR count). The Morgan fingerprint density at radius 3 is 2.67 bits per heavy atom. The van der Waals surface area contributed by atoms with Crippen molar-refractivity contribution in [2.24, 2.45) is 5.73 Å². The van der Waals surface area contributed by atoms with Gasteiger partial charge in [-0.25, -0.2) is 0 Å². The second kappa shape index (κ2) is 6.95. The van der Waals surface area contributed by atoms with Crippen molar-refractivity contribution in [3.63, 3.8) is 0 Å². The molecule has 1 aliphatic heterocycles. The highest BCUT2D eigenvalue weighted by Crippen LogP contribution is 2.06. The van der Waals surface area contributed by atoms with Gasteiger partial charge in [0.05, 0.1) is 6.04 Å². The van der Waals surface area contributed by atoms with Crippen LogP contribution >= 0.6 is 0 Å². The van der Waals surface area contributed by atoms with E-state index in [0.29, 0.717) is 0 Å². The summed E-state index contributed by atoms with van der Waals surface area (Å²) in [6, 6.07) is -0.955. The van der Waals surface area contributed by atoms with E-state index in [1.165, 1.54) is 7.05 Å². The summed E-state index contributed by atoms with van der Waals surface area (Å²) in [5, 5.41) is 8.15. The number of hydrogen-bond donors (Lipinski definition) is 4. The van der Waals surface area contributed by atoms with Gasteiger partial charge in [-0.1, -0.05) is 0 Å². The molecule has 0 radical (unpaired) electrons. The van der Waals surface area contributed by atoms with Gasteiger partial charge < -0.3 is 21.7 Å². The molecule has 1 saturated heterocycles. The molecule has 3 amide bonds. The predicted octanol–water partition coefficient (Wildman–Crippen LogP) is -1.77. The maximum absolute atomic E-state index is 11.9. The average Bonchev–Trinajstić information content (AvgIpc) is 2.86. The van der Waals surface area contributed by atoms with Crippen LogP contribution in [0.5, 0.6) is 0 Å². The number of hydrogen-bond acceptors (Lipinski definition) is 4.